The summed E-state index contributed by atoms with van der Waals surface area (Å²) >= 11 is 0. The van der Waals surface area contributed by atoms with Gasteiger partial charge < -0.3 is 14.4 Å². The monoisotopic (exact) mass is 879 g/mol. The quantitative estimate of drug-likeness (QED) is 0.151. The van der Waals surface area contributed by atoms with Crippen molar-refractivity contribution in [3.63, 3.8) is 0 Å². The van der Waals surface area contributed by atoms with Crippen LogP contribution in [0.4, 0.5) is 34.1 Å². The normalized spacial score (nSPS) is 25.9. The number of rotatable bonds is 8. The van der Waals surface area contributed by atoms with Crippen molar-refractivity contribution >= 4 is 55.9 Å². The first kappa shape index (κ1) is 39.2. The van der Waals surface area contributed by atoms with E-state index >= 15 is 0 Å². The van der Waals surface area contributed by atoms with Gasteiger partial charge in [0, 0.05) is 44.6 Å². The molecule has 68 heavy (non-hydrogen) atoms. The summed E-state index contributed by atoms with van der Waals surface area (Å²) in [7, 11) is 0. The first-order valence-corrected chi connectivity index (χ1v) is 25.8. The van der Waals surface area contributed by atoms with Crippen LogP contribution in [0.3, 0.4) is 0 Å². The molecule has 3 nitrogen and oxygen atoms in total. The summed E-state index contributed by atoms with van der Waals surface area (Å²) in [5, 5.41) is 2.55. The topological polar surface area (TPSA) is 11.4 Å². The van der Waals surface area contributed by atoms with Crippen LogP contribution in [0.5, 0.6) is 0 Å². The Labute approximate surface area is 400 Å². The van der Waals surface area contributed by atoms with Crippen molar-refractivity contribution in [2.75, 3.05) is 9.80 Å². The average Bonchev–Trinajstić information content (AvgIpc) is 4.10. The number of fused-ring (bicyclic) bond motifs is 5. The highest BCUT2D eigenvalue weighted by Gasteiger charge is 2.62. The van der Waals surface area contributed by atoms with E-state index in [1.165, 1.54) is 124 Å². The summed E-state index contributed by atoms with van der Waals surface area (Å²) in [6, 6.07) is 74.2. The summed E-state index contributed by atoms with van der Waals surface area (Å²) in [6.07, 6.45) is 13.4. The highest BCUT2D eigenvalue weighted by molar-refractivity contribution is 6.10. The maximum Gasteiger partial charge on any atom is 0.0561 e. The van der Waals surface area contributed by atoms with Gasteiger partial charge in [0.05, 0.1) is 22.4 Å². The summed E-state index contributed by atoms with van der Waals surface area (Å²) in [4.78, 5) is 5.25. The first-order chi connectivity index (χ1) is 33.6. The van der Waals surface area contributed by atoms with Gasteiger partial charge in [-0.1, -0.05) is 115 Å². The van der Waals surface area contributed by atoms with Crippen molar-refractivity contribution < 1.29 is 0 Å². The molecule has 1 heterocycles. The van der Waals surface area contributed by atoms with Crippen LogP contribution in [0.2, 0.25) is 0 Å². The first-order valence-electron chi connectivity index (χ1n) is 25.8. The van der Waals surface area contributed by atoms with Gasteiger partial charge in [0.15, 0.2) is 0 Å². The molecule has 0 radical (unpaired) electrons. The largest absolute Gasteiger partial charge is 0.310 e. The van der Waals surface area contributed by atoms with Gasteiger partial charge in [-0.2, -0.15) is 0 Å². The molecule has 5 fully saturated rings. The molecule has 0 aliphatic heterocycles. The van der Waals surface area contributed by atoms with E-state index in [1.807, 2.05) is 0 Å². The number of anilines is 6. The Balaban J connectivity index is 0.922. The lowest BCUT2D eigenvalue weighted by Gasteiger charge is -2.57. The van der Waals surface area contributed by atoms with E-state index < -0.39 is 0 Å². The van der Waals surface area contributed by atoms with Gasteiger partial charge in [-0.05, 0) is 206 Å². The summed E-state index contributed by atoms with van der Waals surface area (Å²) in [6.45, 7) is 0. The number of para-hydroxylation sites is 4. The fraction of sp³-hybridized carbons (Fsp3) is 0.262. The third-order valence-corrected chi connectivity index (χ3v) is 18.4. The van der Waals surface area contributed by atoms with Crippen molar-refractivity contribution in [2.24, 2.45) is 29.6 Å². The molecule has 0 saturated heterocycles. The lowest BCUT2D eigenvalue weighted by Crippen LogP contribution is -2.48. The lowest BCUT2D eigenvalue weighted by atomic mass is 9.48. The summed E-state index contributed by atoms with van der Waals surface area (Å²) < 4.78 is 2.46. The molecule has 5 saturated carbocycles. The molecule has 3 atom stereocenters. The molecule has 1 aromatic heterocycles. The van der Waals surface area contributed by atoms with E-state index in [2.05, 4.69) is 208 Å². The summed E-state index contributed by atoms with van der Waals surface area (Å²) in [5.74, 6) is 3.86. The minimum absolute atomic E-state index is 0.125. The minimum atomic E-state index is -0.125. The van der Waals surface area contributed by atoms with E-state index in [4.69, 9.17) is 0 Å². The van der Waals surface area contributed by atoms with Gasteiger partial charge in [0.2, 0.25) is 0 Å². The second kappa shape index (κ2) is 14.8. The Morgan fingerprint density at radius 2 is 0.897 bits per heavy atom. The Hall–Kier alpha value is -6.84. The Kier molecular flexibility index (Phi) is 8.54. The zero-order valence-corrected chi connectivity index (χ0v) is 38.8. The highest BCUT2D eigenvalue weighted by Crippen LogP contribution is 2.69. The fourth-order valence-corrected chi connectivity index (χ4v) is 16.4. The van der Waals surface area contributed by atoms with Gasteiger partial charge in [-0.25, -0.2) is 0 Å². The van der Waals surface area contributed by atoms with Crippen LogP contribution in [0.25, 0.3) is 27.5 Å². The minimum Gasteiger partial charge on any atom is -0.310 e. The van der Waals surface area contributed by atoms with Gasteiger partial charge in [0.1, 0.15) is 0 Å². The van der Waals surface area contributed by atoms with Crippen molar-refractivity contribution in [1.82, 2.24) is 4.57 Å². The second-order valence-electron chi connectivity index (χ2n) is 21.8. The Bertz CT molecular complexity index is 3360. The zero-order chi connectivity index (χ0) is 44.6. The van der Waals surface area contributed by atoms with Gasteiger partial charge in [-0.3, -0.25) is 0 Å². The number of nitrogens with zero attached hydrogens (tertiary/aromatic N) is 3. The maximum absolute atomic E-state index is 2.64. The van der Waals surface area contributed by atoms with Gasteiger partial charge >= 0.3 is 0 Å². The Morgan fingerprint density at radius 1 is 0.412 bits per heavy atom. The molecule has 4 bridgehead atoms. The van der Waals surface area contributed by atoms with Crippen LogP contribution in [0.1, 0.15) is 79.2 Å². The summed E-state index contributed by atoms with van der Waals surface area (Å²) in [5.41, 5.74) is 19.2. The van der Waals surface area contributed by atoms with E-state index in [0.29, 0.717) is 17.3 Å². The fourth-order valence-electron chi connectivity index (χ4n) is 16.4. The third kappa shape index (κ3) is 5.59. The highest BCUT2D eigenvalue weighted by atomic mass is 15.2. The average molecular weight is 880 g/mol. The lowest BCUT2D eigenvalue weighted by molar-refractivity contribution is -0.00518. The van der Waals surface area contributed by atoms with Crippen LogP contribution in [0.15, 0.2) is 194 Å². The van der Waals surface area contributed by atoms with Crippen LogP contribution in [0, 0.1) is 29.6 Å². The standard InChI is InChI=1S/C65H57N3/c1-4-16-51(17-5-1)66(54-30-28-48(29-31-54)64-40-43-34-44(41-64)36-45(35-43)42-64)59-24-12-14-46-37-49-26-27-50-38-47-15-13-25-60(63(47)65(49,50)62(46)59)67(52-18-6-2-7-19-52)55-32-33-57-56-22-10-11-23-58(56)68(61(57)39-55)53-20-8-3-9-21-53/h1-25,28-33,39,43-45,49-50H,26-27,34-38,40-42H2. The smallest absolute Gasteiger partial charge is 0.0561 e. The second-order valence-corrected chi connectivity index (χ2v) is 21.8. The number of hydrogen-bond donors (Lipinski definition) is 0. The molecule has 3 heteroatoms. The molecule has 1 spiro atoms. The molecular weight excluding hydrogens is 823 g/mol. The predicted molar refractivity (Wildman–Crippen MR) is 281 cm³/mol. The number of benzene rings is 8. The Morgan fingerprint density at radius 3 is 1.49 bits per heavy atom. The molecule has 8 aromatic carbocycles. The van der Waals surface area contributed by atoms with Crippen molar-refractivity contribution in [3.05, 3.63) is 222 Å². The van der Waals surface area contributed by atoms with Crippen molar-refractivity contribution in [1.29, 1.82) is 0 Å². The zero-order valence-electron chi connectivity index (χ0n) is 38.8. The molecule has 16 rings (SSSR count). The molecular formula is C65H57N3. The number of aromatic nitrogens is 1. The van der Waals surface area contributed by atoms with E-state index in [9.17, 15) is 0 Å². The SMILES string of the molecule is c1ccc(N(c2ccc(C34CC5CC(CC(C5)C3)C4)cc2)c2cccc3c2C24c5c(cccc5N(c5ccccc5)c5ccc6c7ccccc7n(-c7ccccc7)c6c5)CC2CCC4C3)cc1. The van der Waals surface area contributed by atoms with Crippen LogP contribution in [-0.4, -0.2) is 4.57 Å². The van der Waals surface area contributed by atoms with Crippen LogP contribution in [-0.2, 0) is 23.7 Å². The van der Waals surface area contributed by atoms with E-state index in [-0.39, 0.29) is 5.41 Å². The molecule has 0 amide bonds. The molecule has 9 aromatic rings. The third-order valence-electron chi connectivity index (χ3n) is 18.4. The molecule has 3 unspecified atom stereocenters. The van der Waals surface area contributed by atoms with Crippen molar-refractivity contribution in [2.45, 2.75) is 75.0 Å². The van der Waals surface area contributed by atoms with Crippen LogP contribution < -0.4 is 9.80 Å². The molecule has 332 valence electrons. The van der Waals surface area contributed by atoms with Crippen LogP contribution >= 0.6 is 0 Å². The number of hydrogen-bond acceptors (Lipinski definition) is 2. The molecule has 0 N–H and O–H groups in total. The van der Waals surface area contributed by atoms with Gasteiger partial charge in [-0.15, -0.1) is 0 Å². The molecule has 7 aliphatic carbocycles. The van der Waals surface area contributed by atoms with Crippen molar-refractivity contribution in [3.8, 4) is 5.69 Å². The van der Waals surface area contributed by atoms with E-state index in [1.54, 1.807) is 16.7 Å². The van der Waals surface area contributed by atoms with E-state index in [0.717, 1.165) is 30.6 Å². The molecule has 7 aliphatic rings. The maximum atomic E-state index is 2.64. The van der Waals surface area contributed by atoms with Gasteiger partial charge in [0.25, 0.3) is 0 Å². The predicted octanol–water partition coefficient (Wildman–Crippen LogP) is 16.6.